The predicted octanol–water partition coefficient (Wildman–Crippen LogP) is 2.61. The second-order valence-electron chi connectivity index (χ2n) is 5.86. The number of hydrogen-bond donors (Lipinski definition) is 1. The van der Waals surface area contributed by atoms with Gasteiger partial charge in [0.15, 0.2) is 11.5 Å². The van der Waals surface area contributed by atoms with E-state index in [1.54, 1.807) is 25.1 Å². The average molecular weight is 311 g/mol. The molecule has 0 aromatic heterocycles. The molecular formula is C18H17NO4. The van der Waals surface area contributed by atoms with E-state index in [9.17, 15) is 9.90 Å². The van der Waals surface area contributed by atoms with Gasteiger partial charge in [-0.25, -0.2) is 0 Å². The fourth-order valence-corrected chi connectivity index (χ4v) is 3.40. The van der Waals surface area contributed by atoms with Crippen LogP contribution in [0, 0.1) is 0 Å². The van der Waals surface area contributed by atoms with Gasteiger partial charge in [-0.05, 0) is 47.4 Å². The van der Waals surface area contributed by atoms with Gasteiger partial charge in [0.25, 0.3) is 0 Å². The van der Waals surface area contributed by atoms with Crippen LogP contribution < -0.4 is 9.47 Å². The molecule has 0 spiro atoms. The number of hydrogen-bond acceptors (Lipinski definition) is 4. The van der Waals surface area contributed by atoms with Gasteiger partial charge in [0.05, 0.1) is 6.04 Å². The monoisotopic (exact) mass is 311 g/mol. The van der Waals surface area contributed by atoms with Crippen molar-refractivity contribution in [3.63, 3.8) is 0 Å². The Kier molecular flexibility index (Phi) is 3.15. The Balaban J connectivity index is 1.88. The zero-order valence-corrected chi connectivity index (χ0v) is 12.8. The van der Waals surface area contributed by atoms with Gasteiger partial charge in [-0.15, -0.1) is 0 Å². The predicted molar refractivity (Wildman–Crippen MR) is 83.6 cm³/mol. The minimum atomic E-state index is -0.224. The number of rotatable bonds is 1. The van der Waals surface area contributed by atoms with E-state index in [2.05, 4.69) is 0 Å². The molecule has 2 aliphatic rings. The Morgan fingerprint density at radius 2 is 2.00 bits per heavy atom. The van der Waals surface area contributed by atoms with E-state index in [1.165, 1.54) is 0 Å². The first-order chi connectivity index (χ1) is 11.1. The van der Waals surface area contributed by atoms with Crippen LogP contribution in [0.25, 0.3) is 0 Å². The molecule has 1 atom stereocenters. The maximum Gasteiger partial charge on any atom is 0.231 e. The lowest BCUT2D eigenvalue weighted by Gasteiger charge is -2.37. The number of nitrogens with zero attached hydrogens (tertiary/aromatic N) is 1. The summed E-state index contributed by atoms with van der Waals surface area (Å²) in [5.74, 6) is 1.68. The summed E-state index contributed by atoms with van der Waals surface area (Å²) in [6.45, 7) is 2.45. The minimum absolute atomic E-state index is 0.0154. The number of carbonyl (C=O) groups excluding carboxylic acids is 1. The van der Waals surface area contributed by atoms with Gasteiger partial charge in [-0.3, -0.25) is 4.79 Å². The fraction of sp³-hybridized carbons (Fsp3) is 0.278. The molecule has 2 aliphatic heterocycles. The van der Waals surface area contributed by atoms with Crippen LogP contribution in [0.4, 0.5) is 0 Å². The average Bonchev–Trinajstić information content (AvgIpc) is 2.98. The van der Waals surface area contributed by atoms with Crippen molar-refractivity contribution >= 4 is 5.91 Å². The summed E-state index contributed by atoms with van der Waals surface area (Å²) in [5, 5.41) is 9.82. The number of phenolic OH excluding ortho intramolecular Hbond substituents is 1. The first-order valence-corrected chi connectivity index (χ1v) is 7.62. The molecule has 0 saturated heterocycles. The van der Waals surface area contributed by atoms with E-state index in [0.29, 0.717) is 12.3 Å². The van der Waals surface area contributed by atoms with Gasteiger partial charge in [0.1, 0.15) is 5.75 Å². The second-order valence-corrected chi connectivity index (χ2v) is 5.86. The number of benzene rings is 2. The summed E-state index contributed by atoms with van der Waals surface area (Å²) in [5.41, 5.74) is 3.07. The normalized spacial score (nSPS) is 18.7. The maximum absolute atomic E-state index is 12.1. The molecule has 0 fully saturated rings. The molecule has 0 radical (unpaired) electrons. The second kappa shape index (κ2) is 5.19. The van der Waals surface area contributed by atoms with Gasteiger partial charge in [-0.1, -0.05) is 12.1 Å². The molecule has 0 saturated carbocycles. The summed E-state index contributed by atoms with van der Waals surface area (Å²) >= 11 is 0. The lowest BCUT2D eigenvalue weighted by atomic mass is 9.87. The van der Waals surface area contributed by atoms with Gasteiger partial charge in [0, 0.05) is 13.5 Å². The molecule has 23 heavy (non-hydrogen) atoms. The first-order valence-electron chi connectivity index (χ1n) is 7.62. The number of amides is 1. The molecule has 4 rings (SSSR count). The van der Waals surface area contributed by atoms with E-state index in [1.807, 2.05) is 23.1 Å². The van der Waals surface area contributed by atoms with Crippen molar-refractivity contribution in [2.75, 3.05) is 13.3 Å². The highest BCUT2D eigenvalue weighted by Gasteiger charge is 2.32. The summed E-state index contributed by atoms with van der Waals surface area (Å²) < 4.78 is 10.9. The molecule has 2 aromatic rings. The van der Waals surface area contributed by atoms with Crippen molar-refractivity contribution in [1.29, 1.82) is 0 Å². The van der Waals surface area contributed by atoms with Crippen LogP contribution in [-0.4, -0.2) is 29.3 Å². The van der Waals surface area contributed by atoms with E-state index in [-0.39, 0.29) is 24.5 Å². The molecule has 2 aromatic carbocycles. The van der Waals surface area contributed by atoms with Gasteiger partial charge in [-0.2, -0.15) is 0 Å². The van der Waals surface area contributed by atoms with Crippen LogP contribution in [0.1, 0.15) is 29.7 Å². The summed E-state index contributed by atoms with van der Waals surface area (Å²) in [7, 11) is 0. The van der Waals surface area contributed by atoms with Crippen molar-refractivity contribution in [2.24, 2.45) is 0 Å². The standard InChI is InChI=1S/C18H17NO4/c1-11(20)19-6-5-12-8-16-17(23-10-22-16)9-15(12)18(19)13-3-2-4-14(21)7-13/h2-4,7-9,18,21H,5-6,10H2,1H3. The summed E-state index contributed by atoms with van der Waals surface area (Å²) in [6, 6.07) is 10.8. The summed E-state index contributed by atoms with van der Waals surface area (Å²) in [6.07, 6.45) is 0.779. The number of phenols is 1. The Morgan fingerprint density at radius 3 is 2.74 bits per heavy atom. The molecule has 118 valence electrons. The molecule has 0 bridgehead atoms. The van der Waals surface area contributed by atoms with Gasteiger partial charge in [0.2, 0.25) is 12.7 Å². The fourth-order valence-electron chi connectivity index (χ4n) is 3.40. The highest BCUT2D eigenvalue weighted by molar-refractivity contribution is 5.75. The van der Waals surface area contributed by atoms with Crippen molar-refractivity contribution in [1.82, 2.24) is 4.90 Å². The van der Waals surface area contributed by atoms with E-state index in [0.717, 1.165) is 28.9 Å². The Bertz CT molecular complexity index is 787. The van der Waals surface area contributed by atoms with Crippen LogP contribution >= 0.6 is 0 Å². The topological polar surface area (TPSA) is 59.0 Å². The highest BCUT2D eigenvalue weighted by Crippen LogP contribution is 2.43. The first kappa shape index (κ1) is 13.9. The van der Waals surface area contributed by atoms with E-state index in [4.69, 9.17) is 9.47 Å². The van der Waals surface area contributed by atoms with Crippen LogP contribution in [-0.2, 0) is 11.2 Å². The molecule has 5 nitrogen and oxygen atoms in total. The van der Waals surface area contributed by atoms with Gasteiger partial charge >= 0.3 is 0 Å². The van der Waals surface area contributed by atoms with E-state index < -0.39 is 0 Å². The van der Waals surface area contributed by atoms with Crippen molar-refractivity contribution in [3.05, 3.63) is 53.1 Å². The maximum atomic E-state index is 12.1. The molecule has 5 heteroatoms. The smallest absolute Gasteiger partial charge is 0.231 e. The Labute approximate surface area is 134 Å². The molecule has 2 heterocycles. The molecule has 1 amide bonds. The van der Waals surface area contributed by atoms with E-state index >= 15 is 0 Å². The number of aromatic hydroxyl groups is 1. The third kappa shape index (κ3) is 2.29. The largest absolute Gasteiger partial charge is 0.508 e. The Morgan fingerprint density at radius 1 is 1.22 bits per heavy atom. The lowest BCUT2D eigenvalue weighted by molar-refractivity contribution is -0.130. The quantitative estimate of drug-likeness (QED) is 0.879. The van der Waals surface area contributed by atoms with Crippen molar-refractivity contribution in [2.45, 2.75) is 19.4 Å². The van der Waals surface area contributed by atoms with Gasteiger partial charge < -0.3 is 19.5 Å². The zero-order chi connectivity index (χ0) is 16.0. The summed E-state index contributed by atoms with van der Waals surface area (Å²) in [4.78, 5) is 14.0. The minimum Gasteiger partial charge on any atom is -0.508 e. The van der Waals surface area contributed by atoms with Crippen molar-refractivity contribution < 1.29 is 19.4 Å². The third-order valence-electron chi connectivity index (χ3n) is 4.45. The number of fused-ring (bicyclic) bond motifs is 2. The Hall–Kier alpha value is -2.69. The molecular weight excluding hydrogens is 294 g/mol. The highest BCUT2D eigenvalue weighted by atomic mass is 16.7. The molecule has 1 unspecified atom stereocenters. The van der Waals surface area contributed by atoms with Crippen LogP contribution in [0.5, 0.6) is 17.2 Å². The zero-order valence-electron chi connectivity index (χ0n) is 12.8. The van der Waals surface area contributed by atoms with Crippen molar-refractivity contribution in [3.8, 4) is 17.2 Å². The van der Waals surface area contributed by atoms with Crippen LogP contribution in [0.15, 0.2) is 36.4 Å². The number of ether oxygens (including phenoxy) is 2. The van der Waals surface area contributed by atoms with Crippen LogP contribution in [0.3, 0.4) is 0 Å². The van der Waals surface area contributed by atoms with Crippen LogP contribution in [0.2, 0.25) is 0 Å². The molecule has 0 aliphatic carbocycles. The third-order valence-corrected chi connectivity index (χ3v) is 4.45. The SMILES string of the molecule is CC(=O)N1CCc2cc3c(cc2C1c1cccc(O)c1)OCO3. The molecule has 1 N–H and O–H groups in total. The lowest BCUT2D eigenvalue weighted by Crippen LogP contribution is -2.39. The number of carbonyl (C=O) groups is 1.